The smallest absolute Gasteiger partial charge is 0.192 e. The number of hydrogen-bond acceptors (Lipinski definition) is 3. The van der Waals surface area contributed by atoms with Gasteiger partial charge in [0.05, 0.1) is 6.04 Å². The number of rotatable bonds is 7. The first-order valence-electron chi connectivity index (χ1n) is 9.72. The summed E-state index contributed by atoms with van der Waals surface area (Å²) in [6.45, 7) is 5.27. The second kappa shape index (κ2) is 10.1. The van der Waals surface area contributed by atoms with Gasteiger partial charge in [0.25, 0.3) is 0 Å². The van der Waals surface area contributed by atoms with Gasteiger partial charge in [0.1, 0.15) is 12.4 Å². The number of nitrogens with zero attached hydrogens (tertiary/aromatic N) is 4. The molecule has 0 amide bonds. The van der Waals surface area contributed by atoms with E-state index in [0.29, 0.717) is 6.54 Å². The van der Waals surface area contributed by atoms with Gasteiger partial charge >= 0.3 is 0 Å². The van der Waals surface area contributed by atoms with Crippen LogP contribution in [0.1, 0.15) is 35.7 Å². The van der Waals surface area contributed by atoms with Crippen LogP contribution in [0, 0.1) is 6.92 Å². The maximum absolute atomic E-state index is 5.97. The molecule has 0 aliphatic heterocycles. The maximum atomic E-state index is 5.97. The topological polar surface area (TPSA) is 67.1 Å². The van der Waals surface area contributed by atoms with Crippen molar-refractivity contribution in [2.45, 2.75) is 32.9 Å². The zero-order chi connectivity index (χ0) is 20.6. The van der Waals surface area contributed by atoms with Gasteiger partial charge in [-0.1, -0.05) is 54.1 Å². The molecular formula is C22H27ClN6. The molecule has 0 aliphatic rings. The third-order valence-corrected chi connectivity index (χ3v) is 5.09. The molecule has 0 fully saturated rings. The molecule has 29 heavy (non-hydrogen) atoms. The highest BCUT2D eigenvalue weighted by Gasteiger charge is 2.09. The van der Waals surface area contributed by atoms with E-state index in [1.54, 1.807) is 0 Å². The summed E-state index contributed by atoms with van der Waals surface area (Å²) in [6, 6.07) is 18.4. The lowest BCUT2D eigenvalue weighted by molar-refractivity contribution is 0.675. The summed E-state index contributed by atoms with van der Waals surface area (Å²) in [5.74, 6) is 2.45. The van der Waals surface area contributed by atoms with Gasteiger partial charge in [0.2, 0.25) is 0 Å². The van der Waals surface area contributed by atoms with Gasteiger partial charge in [-0.05, 0) is 43.5 Å². The molecule has 3 aromatic rings. The van der Waals surface area contributed by atoms with E-state index in [9.17, 15) is 0 Å². The van der Waals surface area contributed by atoms with Crippen molar-refractivity contribution >= 4 is 17.6 Å². The molecule has 6 nitrogen and oxygen atoms in total. The molecule has 1 aromatic heterocycles. The van der Waals surface area contributed by atoms with E-state index in [1.165, 1.54) is 11.1 Å². The fraction of sp³-hybridized carbons (Fsp3) is 0.318. The van der Waals surface area contributed by atoms with Crippen molar-refractivity contribution in [2.24, 2.45) is 12.0 Å². The minimum Gasteiger partial charge on any atom is -0.356 e. The molecule has 0 aliphatic carbocycles. The summed E-state index contributed by atoms with van der Waals surface area (Å²) in [4.78, 5) is 4.73. The van der Waals surface area contributed by atoms with Crippen LogP contribution in [-0.4, -0.2) is 27.3 Å². The van der Waals surface area contributed by atoms with Crippen molar-refractivity contribution in [3.05, 3.63) is 82.4 Å². The van der Waals surface area contributed by atoms with Crippen LogP contribution < -0.4 is 10.6 Å². The summed E-state index contributed by atoms with van der Waals surface area (Å²) in [5, 5.41) is 16.0. The highest BCUT2D eigenvalue weighted by Crippen LogP contribution is 2.12. The van der Waals surface area contributed by atoms with Crippen LogP contribution in [0.5, 0.6) is 0 Å². The Morgan fingerprint density at radius 2 is 1.83 bits per heavy atom. The molecule has 152 valence electrons. The van der Waals surface area contributed by atoms with E-state index in [-0.39, 0.29) is 6.04 Å². The van der Waals surface area contributed by atoms with Crippen LogP contribution in [0.2, 0.25) is 5.02 Å². The molecule has 0 radical (unpaired) electrons. The molecule has 3 rings (SSSR count). The van der Waals surface area contributed by atoms with Crippen LogP contribution in [0.25, 0.3) is 0 Å². The quantitative estimate of drug-likeness (QED) is 0.459. The van der Waals surface area contributed by atoms with E-state index in [2.05, 4.69) is 39.9 Å². The molecule has 1 heterocycles. The monoisotopic (exact) mass is 410 g/mol. The number of halogens is 1. The van der Waals surface area contributed by atoms with Crippen LogP contribution >= 0.6 is 11.6 Å². The second-order valence-corrected chi connectivity index (χ2v) is 7.40. The van der Waals surface area contributed by atoms with Gasteiger partial charge in [-0.15, -0.1) is 10.2 Å². The van der Waals surface area contributed by atoms with Crippen LogP contribution in [-0.2, 0) is 20.0 Å². The molecule has 0 spiro atoms. The standard InChI is InChI=1S/C22H27ClN6/c1-16(19-7-5-4-6-8-19)26-22(25-15-21-28-27-17(2)29(21)3)24-14-13-18-9-11-20(23)12-10-18/h4-12,16H,13-15H2,1-3H3,(H2,24,25,26). The van der Waals surface area contributed by atoms with E-state index >= 15 is 0 Å². The number of hydrogen-bond donors (Lipinski definition) is 2. The third-order valence-electron chi connectivity index (χ3n) is 4.83. The number of nitrogens with one attached hydrogen (secondary N) is 2. The lowest BCUT2D eigenvalue weighted by Gasteiger charge is -2.19. The van der Waals surface area contributed by atoms with Gasteiger partial charge in [0, 0.05) is 18.6 Å². The zero-order valence-electron chi connectivity index (χ0n) is 17.1. The zero-order valence-corrected chi connectivity index (χ0v) is 17.8. The number of aryl methyl sites for hydroxylation is 1. The number of aliphatic imine (C=N–C) groups is 1. The molecule has 7 heteroatoms. The summed E-state index contributed by atoms with van der Waals surface area (Å²) in [7, 11) is 1.95. The first-order chi connectivity index (χ1) is 14.0. The Bertz CT molecular complexity index is 934. The summed E-state index contributed by atoms with van der Waals surface area (Å²) in [6.07, 6.45) is 0.876. The number of aromatic nitrogens is 3. The summed E-state index contributed by atoms with van der Waals surface area (Å²) in [5.41, 5.74) is 2.43. The molecule has 0 saturated carbocycles. The van der Waals surface area contributed by atoms with Crippen LogP contribution in [0.4, 0.5) is 0 Å². The van der Waals surface area contributed by atoms with Crippen molar-refractivity contribution < 1.29 is 0 Å². The predicted molar refractivity (Wildman–Crippen MR) is 118 cm³/mol. The third kappa shape index (κ3) is 6.06. The fourth-order valence-corrected chi connectivity index (χ4v) is 3.02. The Hall–Kier alpha value is -2.86. The minimum atomic E-state index is 0.124. The maximum Gasteiger partial charge on any atom is 0.192 e. The predicted octanol–water partition coefficient (Wildman–Crippen LogP) is 3.82. The molecule has 1 atom stereocenters. The highest BCUT2D eigenvalue weighted by molar-refractivity contribution is 6.30. The highest BCUT2D eigenvalue weighted by atomic mass is 35.5. The Labute approximate surface area is 177 Å². The lowest BCUT2D eigenvalue weighted by atomic mass is 10.1. The minimum absolute atomic E-state index is 0.124. The van der Waals surface area contributed by atoms with E-state index in [0.717, 1.165) is 35.6 Å². The first kappa shape index (κ1) is 20.9. The van der Waals surface area contributed by atoms with Gasteiger partial charge in [0.15, 0.2) is 11.8 Å². The van der Waals surface area contributed by atoms with E-state index < -0.39 is 0 Å². The van der Waals surface area contributed by atoms with Crippen molar-refractivity contribution in [2.75, 3.05) is 6.54 Å². The molecule has 0 saturated heterocycles. The first-order valence-corrected chi connectivity index (χ1v) is 10.1. The van der Waals surface area contributed by atoms with E-state index in [4.69, 9.17) is 16.6 Å². The summed E-state index contributed by atoms with van der Waals surface area (Å²) < 4.78 is 1.95. The van der Waals surface area contributed by atoms with Gasteiger partial charge in [-0.25, -0.2) is 4.99 Å². The largest absolute Gasteiger partial charge is 0.356 e. The van der Waals surface area contributed by atoms with Gasteiger partial charge < -0.3 is 15.2 Å². The number of benzene rings is 2. The number of guanidine groups is 1. The SMILES string of the molecule is Cc1nnc(CN=C(NCCc2ccc(Cl)cc2)NC(C)c2ccccc2)n1C. The van der Waals surface area contributed by atoms with E-state index in [1.807, 2.05) is 61.0 Å². The van der Waals surface area contributed by atoms with Crippen molar-refractivity contribution in [3.8, 4) is 0 Å². The molecule has 1 unspecified atom stereocenters. The van der Waals surface area contributed by atoms with Gasteiger partial charge in [-0.3, -0.25) is 0 Å². The fourth-order valence-electron chi connectivity index (χ4n) is 2.90. The Balaban J connectivity index is 1.67. The normalized spacial score (nSPS) is 12.6. The van der Waals surface area contributed by atoms with Crippen LogP contribution in [0.3, 0.4) is 0 Å². The van der Waals surface area contributed by atoms with Crippen LogP contribution in [0.15, 0.2) is 59.6 Å². The van der Waals surface area contributed by atoms with Crippen molar-refractivity contribution in [1.29, 1.82) is 0 Å². The van der Waals surface area contributed by atoms with Crippen molar-refractivity contribution in [3.63, 3.8) is 0 Å². The van der Waals surface area contributed by atoms with Gasteiger partial charge in [-0.2, -0.15) is 0 Å². The Kier molecular flexibility index (Phi) is 7.25. The average molecular weight is 411 g/mol. The Morgan fingerprint density at radius 3 is 2.48 bits per heavy atom. The lowest BCUT2D eigenvalue weighted by Crippen LogP contribution is -2.39. The Morgan fingerprint density at radius 1 is 1.10 bits per heavy atom. The molecule has 2 aromatic carbocycles. The van der Waals surface area contributed by atoms with Crippen molar-refractivity contribution in [1.82, 2.24) is 25.4 Å². The second-order valence-electron chi connectivity index (χ2n) is 6.97. The summed E-state index contributed by atoms with van der Waals surface area (Å²) >= 11 is 5.97. The molecule has 2 N–H and O–H groups in total. The molecule has 0 bridgehead atoms. The average Bonchev–Trinajstić information content (AvgIpc) is 3.06. The molecular weight excluding hydrogens is 384 g/mol.